The maximum Gasteiger partial charge on any atom is 0.354 e. The van der Waals surface area contributed by atoms with Gasteiger partial charge in [0, 0.05) is 27.3 Å². The number of halogens is 1. The van der Waals surface area contributed by atoms with E-state index in [0.717, 1.165) is 3.57 Å². The van der Waals surface area contributed by atoms with Crippen LogP contribution in [0, 0.1) is 9.49 Å². The fourth-order valence-electron chi connectivity index (χ4n) is 1.73. The number of hydrogen-bond acceptors (Lipinski definition) is 3. The van der Waals surface area contributed by atoms with Crippen LogP contribution in [0.15, 0.2) is 17.4 Å². The van der Waals surface area contributed by atoms with Crippen molar-refractivity contribution in [1.29, 1.82) is 0 Å². The van der Waals surface area contributed by atoms with Crippen molar-refractivity contribution in [3.8, 4) is 0 Å². The molecule has 7 heteroatoms. The number of carbonyl (C=O) groups is 1. The molecule has 0 spiro atoms. The number of esters is 1. The highest BCUT2D eigenvalue weighted by Gasteiger charge is 2.22. The van der Waals surface area contributed by atoms with Gasteiger partial charge in [-0.25, -0.2) is 4.79 Å². The summed E-state index contributed by atoms with van der Waals surface area (Å²) in [7, 11) is 1.35. The quantitative estimate of drug-likeness (QED) is 0.265. The Morgan fingerprint density at radius 3 is 2.83 bits per heavy atom. The zero-order chi connectivity index (χ0) is 13.7. The van der Waals surface area contributed by atoms with Gasteiger partial charge >= 0.3 is 5.97 Å². The third kappa shape index (κ3) is 3.39. The summed E-state index contributed by atoms with van der Waals surface area (Å²) in [4.78, 5) is 14.5. The first-order chi connectivity index (χ1) is 8.51. The van der Waals surface area contributed by atoms with Gasteiger partial charge in [-0.05, 0) is 40.1 Å². The van der Waals surface area contributed by atoms with Crippen molar-refractivity contribution in [2.45, 2.75) is 19.9 Å². The summed E-state index contributed by atoms with van der Waals surface area (Å²) in [6.07, 6.45) is 1.87. The van der Waals surface area contributed by atoms with E-state index in [1.165, 1.54) is 7.11 Å². The van der Waals surface area contributed by atoms with Crippen molar-refractivity contribution in [1.82, 2.24) is 4.57 Å². The topological polar surface area (TPSA) is 80.0 Å². The first kappa shape index (κ1) is 14.8. The number of rotatable bonds is 5. The predicted molar refractivity (Wildman–Crippen MR) is 76.4 cm³/mol. The van der Waals surface area contributed by atoms with Crippen molar-refractivity contribution in [3.63, 3.8) is 0 Å². The van der Waals surface area contributed by atoms with Crippen molar-refractivity contribution in [2.24, 2.45) is 11.0 Å². The maximum atomic E-state index is 11.7. The third-order valence-corrected chi connectivity index (χ3v) is 3.26. The molecule has 0 N–H and O–H groups in total. The average molecular weight is 362 g/mol. The molecule has 0 radical (unpaired) electrons. The summed E-state index contributed by atoms with van der Waals surface area (Å²) >= 11 is 2.14. The van der Waals surface area contributed by atoms with E-state index in [2.05, 4.69) is 32.6 Å². The minimum atomic E-state index is -0.385. The summed E-state index contributed by atoms with van der Waals surface area (Å²) in [5, 5.41) is 3.61. The summed E-state index contributed by atoms with van der Waals surface area (Å²) in [5.74, 6) is -0.147. The van der Waals surface area contributed by atoms with E-state index in [-0.39, 0.29) is 17.9 Å². The molecule has 0 amide bonds. The predicted octanol–water partition coefficient (Wildman–Crippen LogP) is 3.39. The normalized spacial score (nSPS) is 12.1. The van der Waals surface area contributed by atoms with Gasteiger partial charge < -0.3 is 9.30 Å². The van der Waals surface area contributed by atoms with E-state index < -0.39 is 0 Å². The van der Waals surface area contributed by atoms with E-state index >= 15 is 0 Å². The lowest BCUT2D eigenvalue weighted by Gasteiger charge is -2.22. The summed E-state index contributed by atoms with van der Waals surface area (Å²) in [5.41, 5.74) is 8.91. The van der Waals surface area contributed by atoms with Gasteiger partial charge in [0.15, 0.2) is 0 Å². The Kier molecular flexibility index (Phi) is 5.49. The number of methoxy groups -OCH3 is 1. The van der Waals surface area contributed by atoms with Crippen LogP contribution in [0.1, 0.15) is 30.4 Å². The number of ether oxygens (including phenoxy) is 1. The minimum absolute atomic E-state index is 0.0569. The molecule has 0 aliphatic carbocycles. The minimum Gasteiger partial charge on any atom is -0.464 e. The molecule has 0 aliphatic rings. The van der Waals surface area contributed by atoms with Crippen molar-refractivity contribution < 1.29 is 9.53 Å². The van der Waals surface area contributed by atoms with Gasteiger partial charge in [-0.2, -0.15) is 0 Å². The number of aromatic nitrogens is 1. The summed E-state index contributed by atoms with van der Waals surface area (Å²) < 4.78 is 7.53. The van der Waals surface area contributed by atoms with Gasteiger partial charge in [0.2, 0.25) is 0 Å². The highest BCUT2D eigenvalue weighted by Crippen LogP contribution is 2.24. The van der Waals surface area contributed by atoms with Gasteiger partial charge in [0.05, 0.1) is 7.11 Å². The smallest absolute Gasteiger partial charge is 0.354 e. The molecule has 1 aromatic heterocycles. The van der Waals surface area contributed by atoms with Crippen LogP contribution in [0.4, 0.5) is 0 Å². The Balaban J connectivity index is 3.18. The molecule has 1 atom stereocenters. The molecule has 0 saturated heterocycles. The monoisotopic (exact) mass is 362 g/mol. The van der Waals surface area contributed by atoms with Crippen LogP contribution in [0.2, 0.25) is 0 Å². The van der Waals surface area contributed by atoms with Crippen LogP contribution < -0.4 is 0 Å². The number of nitrogens with zero attached hydrogens (tertiary/aromatic N) is 4. The maximum absolute atomic E-state index is 11.7. The largest absolute Gasteiger partial charge is 0.464 e. The van der Waals surface area contributed by atoms with Gasteiger partial charge in [0.25, 0.3) is 0 Å². The zero-order valence-electron chi connectivity index (χ0n) is 10.5. The second kappa shape index (κ2) is 6.65. The van der Waals surface area contributed by atoms with Crippen LogP contribution in [0.25, 0.3) is 10.4 Å². The molecule has 1 aromatic rings. The van der Waals surface area contributed by atoms with Gasteiger partial charge in [-0.3, -0.25) is 0 Å². The zero-order valence-corrected chi connectivity index (χ0v) is 12.7. The van der Waals surface area contributed by atoms with E-state index in [0.29, 0.717) is 12.2 Å². The van der Waals surface area contributed by atoms with Crippen LogP contribution in [0.5, 0.6) is 0 Å². The molecule has 1 rings (SSSR count). The molecule has 0 aliphatic heterocycles. The van der Waals surface area contributed by atoms with E-state index in [4.69, 9.17) is 10.3 Å². The second-order valence-electron chi connectivity index (χ2n) is 4.17. The van der Waals surface area contributed by atoms with Crippen LogP contribution in [-0.4, -0.2) is 24.2 Å². The lowest BCUT2D eigenvalue weighted by Crippen LogP contribution is -2.22. The first-order valence-electron chi connectivity index (χ1n) is 5.47. The average Bonchev–Trinajstić information content (AvgIpc) is 2.70. The Bertz CT molecular complexity index is 477. The molecule has 0 saturated carbocycles. The fraction of sp³-hybridized carbons (Fsp3) is 0.545. The summed E-state index contributed by atoms with van der Waals surface area (Å²) in [6.45, 7) is 4.35. The van der Waals surface area contributed by atoms with Crippen LogP contribution in [-0.2, 0) is 4.74 Å². The van der Waals surface area contributed by atoms with E-state index in [1.807, 2.05) is 24.6 Å². The Morgan fingerprint density at radius 1 is 1.67 bits per heavy atom. The molecular weight excluding hydrogens is 347 g/mol. The van der Waals surface area contributed by atoms with Crippen LogP contribution >= 0.6 is 22.6 Å². The third-order valence-electron chi connectivity index (χ3n) is 2.67. The fourth-order valence-corrected chi connectivity index (χ4v) is 2.32. The van der Waals surface area contributed by atoms with Gasteiger partial charge in [-0.15, -0.1) is 0 Å². The number of carbonyl (C=O) groups excluding carboxylic acids is 1. The first-order valence-corrected chi connectivity index (χ1v) is 6.55. The number of hydrogen-bond donors (Lipinski definition) is 0. The van der Waals surface area contributed by atoms with E-state index in [9.17, 15) is 4.79 Å². The SMILES string of the molecule is COC(=O)c1cc(I)cn1[C@H](CN=[N+]=[N-])C(C)C. The molecule has 98 valence electrons. The molecule has 6 nitrogen and oxygen atoms in total. The lowest BCUT2D eigenvalue weighted by molar-refractivity contribution is 0.0584. The van der Waals surface area contributed by atoms with Crippen molar-refractivity contribution in [3.05, 3.63) is 32.0 Å². The molecule has 0 fully saturated rings. The highest BCUT2D eigenvalue weighted by molar-refractivity contribution is 14.1. The van der Waals surface area contributed by atoms with Gasteiger partial charge in [-0.1, -0.05) is 19.0 Å². The Labute approximate surface area is 119 Å². The lowest BCUT2D eigenvalue weighted by atomic mass is 10.0. The molecule has 18 heavy (non-hydrogen) atoms. The summed E-state index contributed by atoms with van der Waals surface area (Å²) in [6, 6.07) is 1.70. The molecule has 0 bridgehead atoms. The number of azide groups is 1. The molecule has 0 unspecified atom stereocenters. The van der Waals surface area contributed by atoms with Crippen LogP contribution in [0.3, 0.4) is 0 Å². The Hall–Kier alpha value is -1.21. The van der Waals surface area contributed by atoms with E-state index in [1.54, 1.807) is 6.07 Å². The second-order valence-corrected chi connectivity index (χ2v) is 5.41. The molecular formula is C11H15IN4O2. The van der Waals surface area contributed by atoms with Gasteiger partial charge in [0.1, 0.15) is 5.69 Å². The Morgan fingerprint density at radius 2 is 2.33 bits per heavy atom. The van der Waals surface area contributed by atoms with Crippen molar-refractivity contribution >= 4 is 28.6 Å². The molecule has 1 heterocycles. The standard InChI is InChI=1S/C11H15IN4O2/c1-7(2)10(5-14-15-13)16-6-8(12)4-9(16)11(17)18-3/h4,6-7,10H,5H2,1-3H3/t10-/m1/s1. The van der Waals surface area contributed by atoms with Crippen molar-refractivity contribution in [2.75, 3.05) is 13.7 Å². The molecule has 0 aromatic carbocycles. The highest BCUT2D eigenvalue weighted by atomic mass is 127.